The monoisotopic (exact) mass is 429 g/mol. The first-order valence-corrected chi connectivity index (χ1v) is 10.0. The van der Waals surface area contributed by atoms with Crippen LogP contribution in [0.4, 0.5) is 8.78 Å². The fourth-order valence-corrected chi connectivity index (χ4v) is 3.29. The third-order valence-electron chi connectivity index (χ3n) is 5.14. The van der Waals surface area contributed by atoms with Gasteiger partial charge >= 0.3 is 0 Å². The van der Waals surface area contributed by atoms with E-state index in [4.69, 9.17) is 4.74 Å². The molecule has 1 aliphatic rings. The molecule has 1 fully saturated rings. The largest absolute Gasteiger partial charge is 0.497 e. The second-order valence-electron chi connectivity index (χ2n) is 7.12. The van der Waals surface area contributed by atoms with Gasteiger partial charge in [-0.15, -0.1) is 0 Å². The summed E-state index contributed by atoms with van der Waals surface area (Å²) in [5.41, 5.74) is 0.344. The predicted molar refractivity (Wildman–Crippen MR) is 114 cm³/mol. The fourth-order valence-electron chi connectivity index (χ4n) is 3.29. The zero-order chi connectivity index (χ0) is 22.2. The SMILES string of the molecule is COc1ccc(C(=O)NCCN2CCN(C(=O)C=Cc3c(F)cccc3F)CC2)cc1. The third kappa shape index (κ3) is 6.11. The minimum Gasteiger partial charge on any atom is -0.497 e. The van der Waals surface area contributed by atoms with Gasteiger partial charge in [-0.1, -0.05) is 6.07 Å². The van der Waals surface area contributed by atoms with Crippen LogP contribution in [0.5, 0.6) is 5.75 Å². The molecule has 0 saturated carbocycles. The van der Waals surface area contributed by atoms with Crippen LogP contribution in [0, 0.1) is 11.6 Å². The predicted octanol–water partition coefficient (Wildman–Crippen LogP) is 2.56. The highest BCUT2D eigenvalue weighted by Crippen LogP contribution is 2.14. The van der Waals surface area contributed by atoms with Crippen LogP contribution in [-0.4, -0.2) is 68.0 Å². The molecule has 1 heterocycles. The van der Waals surface area contributed by atoms with Gasteiger partial charge in [-0.25, -0.2) is 8.78 Å². The molecular formula is C23H25F2N3O3. The van der Waals surface area contributed by atoms with Crippen molar-refractivity contribution in [2.45, 2.75) is 0 Å². The molecule has 2 aromatic carbocycles. The highest BCUT2D eigenvalue weighted by molar-refractivity contribution is 5.94. The van der Waals surface area contributed by atoms with Crippen LogP contribution in [0.1, 0.15) is 15.9 Å². The van der Waals surface area contributed by atoms with Crippen molar-refractivity contribution in [2.24, 2.45) is 0 Å². The number of carbonyl (C=O) groups is 2. The van der Waals surface area contributed by atoms with E-state index < -0.39 is 11.6 Å². The van der Waals surface area contributed by atoms with Gasteiger partial charge in [-0.05, 0) is 42.5 Å². The second kappa shape index (κ2) is 10.7. The van der Waals surface area contributed by atoms with Crippen LogP contribution in [0.15, 0.2) is 48.5 Å². The van der Waals surface area contributed by atoms with E-state index in [1.54, 1.807) is 36.3 Å². The maximum atomic E-state index is 13.7. The van der Waals surface area contributed by atoms with Gasteiger partial charge in [0.15, 0.2) is 0 Å². The number of nitrogens with one attached hydrogen (secondary N) is 1. The van der Waals surface area contributed by atoms with Gasteiger partial charge in [0, 0.05) is 56.5 Å². The topological polar surface area (TPSA) is 61.9 Å². The number of rotatable bonds is 7. The number of halogens is 2. The van der Waals surface area contributed by atoms with E-state index in [0.29, 0.717) is 50.6 Å². The summed E-state index contributed by atoms with van der Waals surface area (Å²) in [5.74, 6) is -1.15. The molecule has 0 aromatic heterocycles. The Morgan fingerprint density at radius 2 is 1.68 bits per heavy atom. The average Bonchev–Trinajstić information content (AvgIpc) is 2.79. The minimum atomic E-state index is -0.703. The first-order valence-electron chi connectivity index (χ1n) is 10.0. The lowest BCUT2D eigenvalue weighted by atomic mass is 10.2. The summed E-state index contributed by atoms with van der Waals surface area (Å²) in [6.45, 7) is 3.49. The Labute approximate surface area is 180 Å². The summed E-state index contributed by atoms with van der Waals surface area (Å²) in [4.78, 5) is 28.3. The van der Waals surface area contributed by atoms with Crippen LogP contribution in [0.2, 0.25) is 0 Å². The first kappa shape index (κ1) is 22.4. The molecule has 31 heavy (non-hydrogen) atoms. The van der Waals surface area contributed by atoms with E-state index in [-0.39, 0.29) is 17.4 Å². The van der Waals surface area contributed by atoms with Crippen molar-refractivity contribution >= 4 is 17.9 Å². The summed E-state index contributed by atoms with van der Waals surface area (Å²) in [7, 11) is 1.57. The maximum absolute atomic E-state index is 13.7. The Morgan fingerprint density at radius 1 is 1.03 bits per heavy atom. The molecule has 3 rings (SSSR count). The van der Waals surface area contributed by atoms with Crippen molar-refractivity contribution in [2.75, 3.05) is 46.4 Å². The summed E-state index contributed by atoms with van der Waals surface area (Å²) >= 11 is 0. The number of ether oxygens (including phenoxy) is 1. The van der Waals surface area contributed by atoms with Gasteiger partial charge < -0.3 is 15.0 Å². The fraction of sp³-hybridized carbons (Fsp3) is 0.304. The van der Waals surface area contributed by atoms with Crippen molar-refractivity contribution in [3.63, 3.8) is 0 Å². The Morgan fingerprint density at radius 3 is 2.29 bits per heavy atom. The van der Waals surface area contributed by atoms with E-state index in [2.05, 4.69) is 10.2 Å². The molecule has 1 N–H and O–H groups in total. The van der Waals surface area contributed by atoms with E-state index in [0.717, 1.165) is 12.1 Å². The number of hydrogen-bond donors (Lipinski definition) is 1. The Hall–Kier alpha value is -3.26. The van der Waals surface area contributed by atoms with Crippen molar-refractivity contribution in [3.8, 4) is 5.75 Å². The number of nitrogens with zero attached hydrogens (tertiary/aromatic N) is 2. The zero-order valence-corrected chi connectivity index (χ0v) is 17.3. The minimum absolute atomic E-state index is 0.151. The Balaban J connectivity index is 1.40. The van der Waals surface area contributed by atoms with Gasteiger partial charge in [-0.2, -0.15) is 0 Å². The molecule has 0 spiro atoms. The molecule has 8 heteroatoms. The summed E-state index contributed by atoms with van der Waals surface area (Å²) in [6, 6.07) is 10.5. The molecule has 0 radical (unpaired) electrons. The second-order valence-corrected chi connectivity index (χ2v) is 7.12. The van der Waals surface area contributed by atoms with Crippen LogP contribution < -0.4 is 10.1 Å². The number of methoxy groups -OCH3 is 1. The van der Waals surface area contributed by atoms with Crippen molar-refractivity contribution in [1.82, 2.24) is 15.1 Å². The molecule has 164 valence electrons. The number of benzene rings is 2. The first-order chi connectivity index (χ1) is 15.0. The maximum Gasteiger partial charge on any atom is 0.251 e. The lowest BCUT2D eigenvalue weighted by Gasteiger charge is -2.34. The van der Waals surface area contributed by atoms with Crippen LogP contribution >= 0.6 is 0 Å². The number of amides is 2. The van der Waals surface area contributed by atoms with E-state index in [1.807, 2.05) is 0 Å². The van der Waals surface area contributed by atoms with Crippen molar-refractivity contribution in [3.05, 3.63) is 71.3 Å². The van der Waals surface area contributed by atoms with E-state index in [1.165, 1.54) is 18.2 Å². The highest BCUT2D eigenvalue weighted by Gasteiger charge is 2.19. The van der Waals surface area contributed by atoms with Gasteiger partial charge in [-0.3, -0.25) is 14.5 Å². The third-order valence-corrected chi connectivity index (χ3v) is 5.14. The van der Waals surface area contributed by atoms with Gasteiger partial charge in [0.05, 0.1) is 7.11 Å². The van der Waals surface area contributed by atoms with Crippen LogP contribution in [0.3, 0.4) is 0 Å². The molecule has 0 atom stereocenters. The smallest absolute Gasteiger partial charge is 0.251 e. The normalized spacial score (nSPS) is 14.6. The van der Waals surface area contributed by atoms with Crippen LogP contribution in [0.25, 0.3) is 6.08 Å². The quantitative estimate of drug-likeness (QED) is 0.688. The average molecular weight is 429 g/mol. The molecule has 0 bridgehead atoms. The van der Waals surface area contributed by atoms with Gasteiger partial charge in [0.25, 0.3) is 5.91 Å². The van der Waals surface area contributed by atoms with Crippen LogP contribution in [-0.2, 0) is 4.79 Å². The summed E-state index contributed by atoms with van der Waals surface area (Å²) < 4.78 is 32.4. The van der Waals surface area contributed by atoms with Gasteiger partial charge in [0.1, 0.15) is 17.4 Å². The molecular weight excluding hydrogens is 404 g/mol. The Kier molecular flexibility index (Phi) is 7.72. The number of carbonyl (C=O) groups excluding carboxylic acids is 2. The number of hydrogen-bond acceptors (Lipinski definition) is 4. The molecule has 0 aliphatic carbocycles. The van der Waals surface area contributed by atoms with Crippen molar-refractivity contribution < 1.29 is 23.1 Å². The zero-order valence-electron chi connectivity index (χ0n) is 17.3. The number of piperazine rings is 1. The lowest BCUT2D eigenvalue weighted by Crippen LogP contribution is -2.49. The summed E-state index contributed by atoms with van der Waals surface area (Å²) in [5, 5.41) is 2.88. The Bertz CT molecular complexity index is 919. The molecule has 1 aliphatic heterocycles. The molecule has 0 unspecified atom stereocenters. The van der Waals surface area contributed by atoms with E-state index in [9.17, 15) is 18.4 Å². The van der Waals surface area contributed by atoms with Crippen molar-refractivity contribution in [1.29, 1.82) is 0 Å². The highest BCUT2D eigenvalue weighted by atomic mass is 19.1. The summed E-state index contributed by atoms with van der Waals surface area (Å²) in [6.07, 6.45) is 2.38. The standard InChI is InChI=1S/C23H25F2N3O3/c1-31-18-7-5-17(6-8-18)23(30)26-11-12-27-13-15-28(16-14-27)22(29)10-9-19-20(24)3-2-4-21(19)25/h2-10H,11-16H2,1H3,(H,26,30). The molecule has 2 amide bonds. The van der Waals surface area contributed by atoms with Gasteiger partial charge in [0.2, 0.25) is 5.91 Å². The molecule has 2 aromatic rings. The molecule has 1 saturated heterocycles. The molecule has 6 nitrogen and oxygen atoms in total. The lowest BCUT2D eigenvalue weighted by molar-refractivity contribution is -0.127. The van der Waals surface area contributed by atoms with E-state index >= 15 is 0 Å².